The summed E-state index contributed by atoms with van der Waals surface area (Å²) < 4.78 is 0. The highest BCUT2D eigenvalue weighted by atomic mass is 16.3. The summed E-state index contributed by atoms with van der Waals surface area (Å²) in [6, 6.07) is 4.07. The Morgan fingerprint density at radius 3 is 2.33 bits per heavy atom. The lowest BCUT2D eigenvalue weighted by Crippen LogP contribution is -2.38. The summed E-state index contributed by atoms with van der Waals surface area (Å²) in [5, 5.41) is 12.2. The summed E-state index contributed by atoms with van der Waals surface area (Å²) in [5.41, 5.74) is 4.03. The Morgan fingerprint density at radius 1 is 1.28 bits per heavy atom. The van der Waals surface area contributed by atoms with Crippen LogP contribution in [0.4, 0.5) is 0 Å². The molecular formula is C15H21NO2. The molecule has 0 unspecified atom stereocenters. The van der Waals surface area contributed by atoms with Gasteiger partial charge in [-0.05, 0) is 50.7 Å². The predicted octanol–water partition coefficient (Wildman–Crippen LogP) is 2.11. The third-order valence-electron chi connectivity index (χ3n) is 3.67. The number of hydrogen-bond donors (Lipinski definition) is 2. The first kappa shape index (κ1) is 13.1. The highest BCUT2D eigenvalue weighted by Crippen LogP contribution is 2.26. The monoisotopic (exact) mass is 247 g/mol. The van der Waals surface area contributed by atoms with Crippen LogP contribution in [0.5, 0.6) is 0 Å². The molecule has 1 fully saturated rings. The molecule has 0 aliphatic heterocycles. The van der Waals surface area contributed by atoms with Crippen LogP contribution in [0, 0.1) is 26.7 Å². The Morgan fingerprint density at radius 2 is 1.83 bits per heavy atom. The third kappa shape index (κ3) is 2.72. The molecule has 0 aromatic heterocycles. The standard InChI is InChI=1S/C15H21NO2/c1-9-4-10(2)14(11(3)5-9)15(18)16-8-12-6-13(17)7-12/h4-5,12-13,17H,6-8H2,1-3H3,(H,16,18). The van der Waals surface area contributed by atoms with E-state index in [4.69, 9.17) is 0 Å². The first-order valence-electron chi connectivity index (χ1n) is 6.51. The van der Waals surface area contributed by atoms with Gasteiger partial charge in [-0.25, -0.2) is 0 Å². The first-order chi connectivity index (χ1) is 8.47. The molecule has 0 saturated heterocycles. The number of hydrogen-bond acceptors (Lipinski definition) is 2. The molecule has 1 aliphatic rings. The molecule has 2 N–H and O–H groups in total. The third-order valence-corrected chi connectivity index (χ3v) is 3.67. The number of aryl methyl sites for hydroxylation is 3. The molecule has 1 amide bonds. The summed E-state index contributed by atoms with van der Waals surface area (Å²) in [7, 11) is 0. The van der Waals surface area contributed by atoms with Crippen LogP contribution in [0.25, 0.3) is 0 Å². The van der Waals surface area contributed by atoms with Crippen molar-refractivity contribution >= 4 is 5.91 Å². The highest BCUT2D eigenvalue weighted by molar-refractivity contribution is 5.97. The Bertz CT molecular complexity index is 439. The van der Waals surface area contributed by atoms with E-state index in [0.717, 1.165) is 29.5 Å². The number of rotatable bonds is 3. The van der Waals surface area contributed by atoms with E-state index in [0.29, 0.717) is 12.5 Å². The van der Waals surface area contributed by atoms with Crippen molar-refractivity contribution in [3.8, 4) is 0 Å². The molecule has 1 saturated carbocycles. The molecule has 1 aromatic carbocycles. The molecule has 2 rings (SSSR count). The van der Waals surface area contributed by atoms with E-state index < -0.39 is 0 Å². The van der Waals surface area contributed by atoms with Crippen molar-refractivity contribution < 1.29 is 9.90 Å². The predicted molar refractivity (Wildman–Crippen MR) is 71.7 cm³/mol. The van der Waals surface area contributed by atoms with Crippen molar-refractivity contribution in [1.29, 1.82) is 0 Å². The molecule has 0 atom stereocenters. The average molecular weight is 247 g/mol. The first-order valence-corrected chi connectivity index (χ1v) is 6.51. The van der Waals surface area contributed by atoms with Crippen LogP contribution < -0.4 is 5.32 Å². The van der Waals surface area contributed by atoms with Crippen LogP contribution in [0.15, 0.2) is 12.1 Å². The average Bonchev–Trinajstić information content (AvgIpc) is 2.21. The SMILES string of the molecule is Cc1cc(C)c(C(=O)NCC2CC(O)C2)c(C)c1. The van der Waals surface area contributed by atoms with Gasteiger partial charge in [0.2, 0.25) is 0 Å². The molecule has 18 heavy (non-hydrogen) atoms. The molecule has 0 radical (unpaired) electrons. The number of nitrogens with one attached hydrogen (secondary N) is 1. The summed E-state index contributed by atoms with van der Waals surface area (Å²) in [6.07, 6.45) is 1.47. The Balaban J connectivity index is 2.00. The topological polar surface area (TPSA) is 49.3 Å². The minimum Gasteiger partial charge on any atom is -0.393 e. The van der Waals surface area contributed by atoms with Gasteiger partial charge in [-0.15, -0.1) is 0 Å². The Kier molecular flexibility index (Phi) is 3.71. The maximum Gasteiger partial charge on any atom is 0.251 e. The smallest absolute Gasteiger partial charge is 0.251 e. The normalized spacial score (nSPS) is 22.4. The lowest BCUT2D eigenvalue weighted by Gasteiger charge is -2.31. The Labute approximate surface area is 108 Å². The van der Waals surface area contributed by atoms with E-state index in [2.05, 4.69) is 5.32 Å². The molecule has 3 heteroatoms. The van der Waals surface area contributed by atoms with E-state index in [9.17, 15) is 9.90 Å². The van der Waals surface area contributed by atoms with Crippen molar-refractivity contribution in [2.24, 2.45) is 5.92 Å². The number of benzene rings is 1. The summed E-state index contributed by atoms with van der Waals surface area (Å²) in [4.78, 5) is 12.2. The van der Waals surface area contributed by atoms with Crippen LogP contribution >= 0.6 is 0 Å². The van der Waals surface area contributed by atoms with Crippen molar-refractivity contribution in [3.63, 3.8) is 0 Å². The van der Waals surface area contributed by atoms with Crippen molar-refractivity contribution in [1.82, 2.24) is 5.32 Å². The largest absolute Gasteiger partial charge is 0.393 e. The van der Waals surface area contributed by atoms with Crippen molar-refractivity contribution in [2.45, 2.75) is 39.7 Å². The second-order valence-electron chi connectivity index (χ2n) is 5.47. The molecule has 1 aromatic rings. The van der Waals surface area contributed by atoms with E-state index in [-0.39, 0.29) is 12.0 Å². The van der Waals surface area contributed by atoms with E-state index in [1.54, 1.807) is 0 Å². The number of aliphatic hydroxyl groups is 1. The van der Waals surface area contributed by atoms with Gasteiger partial charge in [-0.3, -0.25) is 4.79 Å². The summed E-state index contributed by atoms with van der Waals surface area (Å²) in [5.74, 6) is 0.446. The fourth-order valence-electron chi connectivity index (χ4n) is 2.73. The van der Waals surface area contributed by atoms with Crippen LogP contribution in [0.1, 0.15) is 39.9 Å². The quantitative estimate of drug-likeness (QED) is 0.859. The maximum atomic E-state index is 12.2. The van der Waals surface area contributed by atoms with Gasteiger partial charge < -0.3 is 10.4 Å². The van der Waals surface area contributed by atoms with Crippen LogP contribution in [0.3, 0.4) is 0 Å². The van der Waals surface area contributed by atoms with Gasteiger partial charge in [0.15, 0.2) is 0 Å². The van der Waals surface area contributed by atoms with Gasteiger partial charge in [-0.2, -0.15) is 0 Å². The lowest BCUT2D eigenvalue weighted by molar-refractivity contribution is 0.0420. The number of carbonyl (C=O) groups excluding carboxylic acids is 1. The van der Waals surface area contributed by atoms with Gasteiger partial charge in [0.05, 0.1) is 6.10 Å². The van der Waals surface area contributed by atoms with Crippen molar-refractivity contribution in [2.75, 3.05) is 6.54 Å². The zero-order valence-electron chi connectivity index (χ0n) is 11.3. The molecule has 0 spiro atoms. The highest BCUT2D eigenvalue weighted by Gasteiger charge is 2.27. The molecular weight excluding hydrogens is 226 g/mol. The second-order valence-corrected chi connectivity index (χ2v) is 5.47. The van der Waals surface area contributed by atoms with Gasteiger partial charge in [0, 0.05) is 12.1 Å². The second kappa shape index (κ2) is 5.11. The van der Waals surface area contributed by atoms with Crippen LogP contribution in [-0.4, -0.2) is 23.7 Å². The fraction of sp³-hybridized carbons (Fsp3) is 0.533. The van der Waals surface area contributed by atoms with Gasteiger partial charge in [-0.1, -0.05) is 17.7 Å². The van der Waals surface area contributed by atoms with E-state index >= 15 is 0 Å². The van der Waals surface area contributed by atoms with E-state index in [1.165, 1.54) is 5.56 Å². The maximum absolute atomic E-state index is 12.2. The zero-order chi connectivity index (χ0) is 13.3. The van der Waals surface area contributed by atoms with Crippen LogP contribution in [0.2, 0.25) is 0 Å². The van der Waals surface area contributed by atoms with Gasteiger partial charge in [0.25, 0.3) is 5.91 Å². The van der Waals surface area contributed by atoms with Gasteiger partial charge in [0.1, 0.15) is 0 Å². The number of amides is 1. The molecule has 0 heterocycles. The minimum absolute atomic E-state index is 0.00592. The van der Waals surface area contributed by atoms with Gasteiger partial charge >= 0.3 is 0 Å². The number of aliphatic hydroxyl groups excluding tert-OH is 1. The molecule has 1 aliphatic carbocycles. The fourth-order valence-corrected chi connectivity index (χ4v) is 2.73. The minimum atomic E-state index is -0.158. The summed E-state index contributed by atoms with van der Waals surface area (Å²) >= 11 is 0. The molecule has 3 nitrogen and oxygen atoms in total. The molecule has 0 bridgehead atoms. The summed E-state index contributed by atoms with van der Waals surface area (Å²) in [6.45, 7) is 6.66. The molecule has 98 valence electrons. The zero-order valence-corrected chi connectivity index (χ0v) is 11.3. The van der Waals surface area contributed by atoms with Crippen LogP contribution in [-0.2, 0) is 0 Å². The number of carbonyl (C=O) groups is 1. The Hall–Kier alpha value is -1.35. The van der Waals surface area contributed by atoms with Crippen molar-refractivity contribution in [3.05, 3.63) is 34.4 Å². The van der Waals surface area contributed by atoms with E-state index in [1.807, 2.05) is 32.9 Å². The lowest BCUT2D eigenvalue weighted by atomic mass is 9.82.